The Morgan fingerprint density at radius 2 is 1.89 bits per heavy atom. The first kappa shape index (κ1) is 8.06. The molecule has 0 saturated carbocycles. The molecular weight excluding hydrogens is 137 g/mol. The summed E-state index contributed by atoms with van der Waals surface area (Å²) in [7, 11) is 0. The predicted molar refractivity (Wildman–Crippen MR) is 23.6 cm³/mol. The number of hydrogen-bond donors (Lipinski definition) is 2. The van der Waals surface area contributed by atoms with Crippen LogP contribution in [0.1, 0.15) is 0 Å². The maximum atomic E-state index is 11.6. The van der Waals surface area contributed by atoms with E-state index in [0.29, 0.717) is 0 Å². The Labute approximate surface area is 49.0 Å². The average Bonchev–Trinajstić information content (AvgIpc) is 1.63. The van der Waals surface area contributed by atoms with Crippen LogP contribution in [0.2, 0.25) is 0 Å². The van der Waals surface area contributed by atoms with Gasteiger partial charge in [-0.25, -0.2) is 18.0 Å². The molecule has 54 valence electrons. The fourth-order valence-electron chi connectivity index (χ4n) is 0.199. The molecule has 0 bridgehead atoms. The van der Waals surface area contributed by atoms with E-state index in [1.54, 1.807) is 0 Å². The molecule has 0 radical (unpaired) electrons. The van der Waals surface area contributed by atoms with Crippen LogP contribution >= 0.6 is 0 Å². The smallest absolute Gasteiger partial charge is 0.314 e. The Hall–Kier alpha value is -0.940. The van der Waals surface area contributed by atoms with Gasteiger partial charge in [0.15, 0.2) is 0 Å². The van der Waals surface area contributed by atoms with E-state index >= 15 is 0 Å². The summed E-state index contributed by atoms with van der Waals surface area (Å²) < 4.78 is 33.9. The minimum atomic E-state index is -3.22. The molecule has 0 aliphatic carbocycles. The lowest BCUT2D eigenvalue weighted by molar-refractivity contribution is 0.0376. The van der Waals surface area contributed by atoms with Crippen molar-refractivity contribution < 1.29 is 18.0 Å². The SMILES string of the molecule is NC(=O)NC(F)C(F)F. The first-order valence-electron chi connectivity index (χ1n) is 2.02. The summed E-state index contributed by atoms with van der Waals surface area (Å²) >= 11 is 0. The molecule has 2 amide bonds. The van der Waals surface area contributed by atoms with Crippen molar-refractivity contribution >= 4 is 6.03 Å². The third kappa shape index (κ3) is 3.63. The summed E-state index contributed by atoms with van der Waals surface area (Å²) in [4.78, 5) is 9.65. The van der Waals surface area contributed by atoms with E-state index in [1.165, 1.54) is 0 Å². The van der Waals surface area contributed by atoms with Crippen LogP contribution < -0.4 is 11.1 Å². The maximum Gasteiger partial charge on any atom is 0.314 e. The monoisotopic (exact) mass is 142 g/mol. The highest BCUT2D eigenvalue weighted by molar-refractivity contribution is 5.71. The van der Waals surface area contributed by atoms with Gasteiger partial charge >= 0.3 is 6.03 Å². The standard InChI is InChI=1S/C3H5F3N2O/c4-1(5)2(6)8-3(7)9/h1-2H,(H3,7,8,9). The van der Waals surface area contributed by atoms with Gasteiger partial charge in [0.05, 0.1) is 0 Å². The van der Waals surface area contributed by atoms with Crippen molar-refractivity contribution in [3.8, 4) is 0 Å². The zero-order chi connectivity index (χ0) is 7.44. The lowest BCUT2D eigenvalue weighted by Crippen LogP contribution is -2.39. The number of alkyl halides is 3. The maximum absolute atomic E-state index is 11.6. The van der Waals surface area contributed by atoms with Crippen LogP contribution in [0.3, 0.4) is 0 Å². The Morgan fingerprint density at radius 3 is 2.00 bits per heavy atom. The number of carbonyl (C=O) groups is 1. The number of amides is 2. The van der Waals surface area contributed by atoms with Gasteiger partial charge in [-0.05, 0) is 0 Å². The van der Waals surface area contributed by atoms with Crippen molar-refractivity contribution in [2.75, 3.05) is 0 Å². The lowest BCUT2D eigenvalue weighted by atomic mass is 10.6. The van der Waals surface area contributed by atoms with Gasteiger partial charge in [-0.2, -0.15) is 0 Å². The second-order valence-corrected chi connectivity index (χ2v) is 1.24. The number of urea groups is 1. The molecule has 9 heavy (non-hydrogen) atoms. The van der Waals surface area contributed by atoms with E-state index in [4.69, 9.17) is 0 Å². The van der Waals surface area contributed by atoms with E-state index in [1.807, 2.05) is 0 Å². The zero-order valence-corrected chi connectivity index (χ0v) is 4.27. The van der Waals surface area contributed by atoms with Gasteiger partial charge in [-0.3, -0.25) is 0 Å². The van der Waals surface area contributed by atoms with E-state index < -0.39 is 18.8 Å². The molecule has 1 unspecified atom stereocenters. The topological polar surface area (TPSA) is 55.1 Å². The van der Waals surface area contributed by atoms with Gasteiger partial charge in [0.1, 0.15) is 0 Å². The molecule has 0 aromatic heterocycles. The van der Waals surface area contributed by atoms with Gasteiger partial charge in [0.25, 0.3) is 6.43 Å². The quantitative estimate of drug-likeness (QED) is 0.532. The second kappa shape index (κ2) is 3.16. The highest BCUT2D eigenvalue weighted by Crippen LogP contribution is 2.00. The second-order valence-electron chi connectivity index (χ2n) is 1.24. The van der Waals surface area contributed by atoms with E-state index in [9.17, 15) is 18.0 Å². The summed E-state index contributed by atoms with van der Waals surface area (Å²) in [5.74, 6) is 0. The van der Waals surface area contributed by atoms with Crippen LogP contribution in [0, 0.1) is 0 Å². The van der Waals surface area contributed by atoms with Crippen molar-refractivity contribution in [3.05, 3.63) is 0 Å². The Bertz CT molecular complexity index is 107. The van der Waals surface area contributed by atoms with Crippen LogP contribution in [-0.2, 0) is 0 Å². The number of carbonyl (C=O) groups excluding carboxylic acids is 1. The molecule has 0 aliphatic heterocycles. The molecule has 3 nitrogen and oxygen atoms in total. The minimum Gasteiger partial charge on any atom is -0.352 e. The molecule has 0 aromatic rings. The number of rotatable bonds is 2. The Balaban J connectivity index is 3.50. The van der Waals surface area contributed by atoms with Crippen molar-refractivity contribution in [2.45, 2.75) is 12.7 Å². The van der Waals surface area contributed by atoms with Crippen molar-refractivity contribution in [3.63, 3.8) is 0 Å². The third-order valence-electron chi connectivity index (χ3n) is 0.501. The summed E-state index contributed by atoms with van der Waals surface area (Å²) in [6.07, 6.45) is -5.89. The molecule has 0 heterocycles. The number of nitrogens with two attached hydrogens (primary N) is 1. The van der Waals surface area contributed by atoms with Crippen LogP contribution in [0.15, 0.2) is 0 Å². The predicted octanol–water partition coefficient (Wildman–Crippen LogP) is 0.215. The van der Waals surface area contributed by atoms with Crippen LogP contribution in [-0.4, -0.2) is 18.8 Å². The molecule has 1 atom stereocenters. The molecule has 3 N–H and O–H groups in total. The van der Waals surface area contributed by atoms with Crippen molar-refractivity contribution in [1.29, 1.82) is 0 Å². The van der Waals surface area contributed by atoms with Gasteiger partial charge in [0, 0.05) is 0 Å². The van der Waals surface area contributed by atoms with Gasteiger partial charge in [-0.15, -0.1) is 0 Å². The average molecular weight is 142 g/mol. The van der Waals surface area contributed by atoms with E-state index in [-0.39, 0.29) is 0 Å². The van der Waals surface area contributed by atoms with Gasteiger partial charge < -0.3 is 11.1 Å². The molecule has 6 heteroatoms. The summed E-state index contributed by atoms with van der Waals surface area (Å²) in [5, 5.41) is 1.16. The van der Waals surface area contributed by atoms with E-state index in [2.05, 4.69) is 5.73 Å². The molecular formula is C3H5F3N2O. The number of hydrogen-bond acceptors (Lipinski definition) is 1. The normalized spacial score (nSPS) is 13.3. The van der Waals surface area contributed by atoms with Gasteiger partial charge in [-0.1, -0.05) is 0 Å². The fraction of sp³-hybridized carbons (Fsp3) is 0.667. The molecule has 0 fully saturated rings. The summed E-state index contributed by atoms with van der Waals surface area (Å²) in [6, 6.07) is -1.30. The van der Waals surface area contributed by atoms with E-state index in [0.717, 1.165) is 5.32 Å². The number of nitrogens with one attached hydrogen (secondary N) is 1. The molecule has 0 aliphatic rings. The molecule has 0 rings (SSSR count). The Kier molecular flexibility index (Phi) is 2.83. The highest BCUT2D eigenvalue weighted by atomic mass is 19.3. The number of halogens is 3. The third-order valence-corrected chi connectivity index (χ3v) is 0.501. The molecule has 0 aromatic carbocycles. The highest BCUT2D eigenvalue weighted by Gasteiger charge is 2.19. The minimum absolute atomic E-state index is 1.16. The number of primary amides is 1. The van der Waals surface area contributed by atoms with Crippen molar-refractivity contribution in [1.82, 2.24) is 5.32 Å². The lowest BCUT2D eigenvalue weighted by Gasteiger charge is -2.05. The fourth-order valence-corrected chi connectivity index (χ4v) is 0.199. The summed E-state index contributed by atoms with van der Waals surface area (Å²) in [6.45, 7) is 0. The summed E-state index contributed by atoms with van der Waals surface area (Å²) in [5.41, 5.74) is 4.31. The molecule has 0 saturated heterocycles. The largest absolute Gasteiger partial charge is 0.352 e. The Morgan fingerprint density at radius 1 is 1.44 bits per heavy atom. The van der Waals surface area contributed by atoms with Gasteiger partial charge in [0.2, 0.25) is 6.30 Å². The zero-order valence-electron chi connectivity index (χ0n) is 4.27. The first-order valence-corrected chi connectivity index (χ1v) is 2.02. The van der Waals surface area contributed by atoms with Crippen molar-refractivity contribution in [2.24, 2.45) is 5.73 Å². The van der Waals surface area contributed by atoms with Crippen LogP contribution in [0.25, 0.3) is 0 Å². The van der Waals surface area contributed by atoms with Crippen LogP contribution in [0.5, 0.6) is 0 Å². The van der Waals surface area contributed by atoms with Crippen LogP contribution in [0.4, 0.5) is 18.0 Å². The molecule has 0 spiro atoms. The first-order chi connectivity index (χ1) is 4.04.